The molecule has 1 aromatic rings. The van der Waals surface area contributed by atoms with Crippen molar-refractivity contribution in [3.63, 3.8) is 0 Å². The van der Waals surface area contributed by atoms with Gasteiger partial charge in [0.05, 0.1) is 0 Å². The predicted molar refractivity (Wildman–Crippen MR) is 90.8 cm³/mol. The number of hydrogen-bond acceptors (Lipinski definition) is 0. The number of allylic oxidation sites excluding steroid dienone is 8. The number of benzene rings is 1. The molecule has 0 nitrogen and oxygen atoms in total. The normalized spacial score (nSPS) is 15.9. The van der Waals surface area contributed by atoms with Crippen LogP contribution in [0.5, 0.6) is 0 Å². The summed E-state index contributed by atoms with van der Waals surface area (Å²) in [6, 6.07) is 10.5. The summed E-state index contributed by atoms with van der Waals surface area (Å²) in [5, 5.41) is 0. The van der Waals surface area contributed by atoms with E-state index in [0.717, 1.165) is 11.1 Å². The molecule has 1 aliphatic rings. The van der Waals surface area contributed by atoms with Crippen molar-refractivity contribution in [3.8, 4) is 0 Å². The van der Waals surface area contributed by atoms with Gasteiger partial charge in [-0.1, -0.05) is 93.8 Å². The second kappa shape index (κ2) is 7.49. The van der Waals surface area contributed by atoms with Crippen molar-refractivity contribution in [1.29, 1.82) is 0 Å². The van der Waals surface area contributed by atoms with Gasteiger partial charge in [0.2, 0.25) is 0 Å². The Morgan fingerprint density at radius 3 is 1.70 bits per heavy atom. The van der Waals surface area contributed by atoms with Gasteiger partial charge >= 0.3 is 0 Å². The van der Waals surface area contributed by atoms with Crippen molar-refractivity contribution in [2.24, 2.45) is 0 Å². The van der Waals surface area contributed by atoms with Crippen LogP contribution in [-0.4, -0.2) is 0 Å². The predicted octanol–water partition coefficient (Wildman–Crippen LogP) is 5.77. The topological polar surface area (TPSA) is 0 Å². The van der Waals surface area contributed by atoms with Gasteiger partial charge in [0.1, 0.15) is 0 Å². The third-order valence-corrected chi connectivity index (χ3v) is 3.39. The van der Waals surface area contributed by atoms with Crippen molar-refractivity contribution in [2.45, 2.75) is 26.2 Å². The number of hydrogen-bond donors (Lipinski definition) is 0. The Labute approximate surface area is 123 Å². The first-order chi connectivity index (χ1) is 9.69. The van der Waals surface area contributed by atoms with Crippen LogP contribution in [0.15, 0.2) is 91.1 Å². The van der Waals surface area contributed by atoms with Gasteiger partial charge in [-0.05, 0) is 23.6 Å². The first-order valence-electron chi connectivity index (χ1n) is 7.13. The van der Waals surface area contributed by atoms with Crippen molar-refractivity contribution in [1.82, 2.24) is 0 Å². The lowest BCUT2D eigenvalue weighted by Crippen LogP contribution is -2.14. The molecule has 0 heteroatoms. The zero-order chi connectivity index (χ0) is 15.0. The first-order valence-corrected chi connectivity index (χ1v) is 7.13. The van der Waals surface area contributed by atoms with E-state index in [-0.39, 0.29) is 5.41 Å². The van der Waals surface area contributed by atoms with E-state index in [9.17, 15) is 0 Å². The molecule has 0 bridgehead atoms. The smallest absolute Gasteiger partial charge is 0.0290 e. The van der Waals surface area contributed by atoms with Gasteiger partial charge in [0.15, 0.2) is 0 Å². The van der Waals surface area contributed by atoms with E-state index in [1.807, 2.05) is 32.1 Å². The monoisotopic (exact) mass is 264 g/mol. The van der Waals surface area contributed by atoms with Gasteiger partial charge < -0.3 is 0 Å². The Morgan fingerprint density at radius 1 is 0.850 bits per heavy atom. The maximum Gasteiger partial charge on any atom is 0.0290 e. The summed E-state index contributed by atoms with van der Waals surface area (Å²) in [5.74, 6) is 0. The largest absolute Gasteiger partial charge is 0.0984 e. The molecule has 104 valence electrons. The van der Waals surface area contributed by atoms with Gasteiger partial charge in [-0.25, -0.2) is 0 Å². The summed E-state index contributed by atoms with van der Waals surface area (Å²) >= 11 is 0. The van der Waals surface area contributed by atoms with Gasteiger partial charge in [-0.3, -0.25) is 0 Å². The SMILES string of the molecule is C=CC1=C(C=C)C=CC(C)(c2ccccc2)C=C1.CC. The molecule has 0 heterocycles. The minimum Gasteiger partial charge on any atom is -0.0984 e. The third kappa shape index (κ3) is 3.48. The lowest BCUT2D eigenvalue weighted by atomic mass is 9.82. The molecular weight excluding hydrogens is 240 g/mol. The highest BCUT2D eigenvalue weighted by atomic mass is 14.2. The molecule has 0 radical (unpaired) electrons. The van der Waals surface area contributed by atoms with E-state index in [2.05, 4.69) is 68.7 Å². The average molecular weight is 264 g/mol. The summed E-state index contributed by atoms with van der Waals surface area (Å²) in [6.45, 7) is 13.9. The Hall–Kier alpha value is -2.08. The Morgan fingerprint density at radius 2 is 1.30 bits per heavy atom. The van der Waals surface area contributed by atoms with E-state index in [0.29, 0.717) is 0 Å². The third-order valence-electron chi connectivity index (χ3n) is 3.39. The van der Waals surface area contributed by atoms with Crippen LogP contribution in [0.1, 0.15) is 26.3 Å². The fraction of sp³-hybridized carbons (Fsp3) is 0.200. The molecule has 0 aliphatic heterocycles. The first kappa shape index (κ1) is 16.0. The fourth-order valence-corrected chi connectivity index (χ4v) is 2.14. The molecule has 2 rings (SSSR count). The zero-order valence-corrected chi connectivity index (χ0v) is 12.8. The van der Waals surface area contributed by atoms with E-state index >= 15 is 0 Å². The zero-order valence-electron chi connectivity index (χ0n) is 12.8. The summed E-state index contributed by atoms with van der Waals surface area (Å²) in [4.78, 5) is 0. The standard InChI is InChI=1S/C18H18.C2H6/c1-4-15-11-13-18(3,14-12-16(15)5-2)17-9-7-6-8-10-17;1-2/h4-14H,1-2H2,3H3;1-2H3. The van der Waals surface area contributed by atoms with Crippen LogP contribution in [0.3, 0.4) is 0 Å². The molecule has 0 fully saturated rings. The maximum absolute atomic E-state index is 3.85. The molecule has 0 atom stereocenters. The van der Waals surface area contributed by atoms with Crippen LogP contribution in [0, 0.1) is 0 Å². The molecule has 0 amide bonds. The Kier molecular flexibility index (Phi) is 5.99. The van der Waals surface area contributed by atoms with Crippen LogP contribution in [0.25, 0.3) is 0 Å². The molecule has 1 aliphatic carbocycles. The van der Waals surface area contributed by atoms with E-state index in [1.165, 1.54) is 5.56 Å². The van der Waals surface area contributed by atoms with Gasteiger partial charge in [-0.2, -0.15) is 0 Å². The molecule has 0 unspecified atom stereocenters. The van der Waals surface area contributed by atoms with Crippen LogP contribution >= 0.6 is 0 Å². The second-order valence-electron chi connectivity index (χ2n) is 4.63. The average Bonchev–Trinajstić information content (AvgIpc) is 2.70. The summed E-state index contributed by atoms with van der Waals surface area (Å²) in [7, 11) is 0. The minimum atomic E-state index is -0.0831. The van der Waals surface area contributed by atoms with Crippen LogP contribution in [0.2, 0.25) is 0 Å². The fourth-order valence-electron chi connectivity index (χ4n) is 2.14. The summed E-state index contributed by atoms with van der Waals surface area (Å²) in [6.07, 6.45) is 12.4. The van der Waals surface area contributed by atoms with Crippen LogP contribution < -0.4 is 0 Å². The van der Waals surface area contributed by atoms with Crippen molar-refractivity contribution < 1.29 is 0 Å². The highest BCUT2D eigenvalue weighted by Gasteiger charge is 2.21. The maximum atomic E-state index is 3.85. The molecular formula is C20H24. The Bertz CT molecular complexity index is 511. The molecule has 0 N–H and O–H groups in total. The molecule has 1 aromatic carbocycles. The molecule has 0 aromatic heterocycles. The Balaban J connectivity index is 0.000000956. The quantitative estimate of drug-likeness (QED) is 0.650. The molecule has 0 saturated heterocycles. The van der Waals surface area contributed by atoms with Gasteiger partial charge in [-0.15, -0.1) is 0 Å². The molecule has 0 saturated carbocycles. The van der Waals surface area contributed by atoms with E-state index < -0.39 is 0 Å². The van der Waals surface area contributed by atoms with E-state index in [1.54, 1.807) is 0 Å². The van der Waals surface area contributed by atoms with E-state index in [4.69, 9.17) is 0 Å². The number of rotatable bonds is 3. The highest BCUT2D eigenvalue weighted by Crippen LogP contribution is 2.31. The van der Waals surface area contributed by atoms with Crippen molar-refractivity contribution in [3.05, 3.63) is 96.7 Å². The van der Waals surface area contributed by atoms with Gasteiger partial charge in [0.25, 0.3) is 0 Å². The van der Waals surface area contributed by atoms with Crippen molar-refractivity contribution in [2.75, 3.05) is 0 Å². The van der Waals surface area contributed by atoms with Crippen LogP contribution in [0.4, 0.5) is 0 Å². The molecule has 0 spiro atoms. The summed E-state index contributed by atoms with van der Waals surface area (Å²) < 4.78 is 0. The summed E-state index contributed by atoms with van der Waals surface area (Å²) in [5.41, 5.74) is 3.42. The lowest BCUT2D eigenvalue weighted by Gasteiger charge is -2.22. The second-order valence-corrected chi connectivity index (χ2v) is 4.63. The highest BCUT2D eigenvalue weighted by molar-refractivity contribution is 5.51. The molecule has 20 heavy (non-hydrogen) atoms. The minimum absolute atomic E-state index is 0.0831. The van der Waals surface area contributed by atoms with Crippen molar-refractivity contribution >= 4 is 0 Å². The van der Waals surface area contributed by atoms with Crippen LogP contribution in [-0.2, 0) is 5.41 Å². The lowest BCUT2D eigenvalue weighted by molar-refractivity contribution is 0.758. The van der Waals surface area contributed by atoms with Gasteiger partial charge in [0, 0.05) is 5.41 Å².